The number of carbonyl (C=O) groups is 1. The molecule has 0 fully saturated rings. The normalized spacial score (nSPS) is 16.9. The second kappa shape index (κ2) is 7.34. The van der Waals surface area contributed by atoms with E-state index in [0.717, 1.165) is 23.4 Å². The van der Waals surface area contributed by atoms with E-state index in [4.69, 9.17) is 4.74 Å². The maximum Gasteiger partial charge on any atom is 0.280 e. The summed E-state index contributed by atoms with van der Waals surface area (Å²) in [6.45, 7) is 5.99. The summed E-state index contributed by atoms with van der Waals surface area (Å²) in [5.74, 6) is 0.731. The predicted octanol–water partition coefficient (Wildman–Crippen LogP) is 4.67. The lowest BCUT2D eigenvalue weighted by Gasteiger charge is -2.12. The van der Waals surface area contributed by atoms with E-state index >= 15 is 0 Å². The fourth-order valence-electron chi connectivity index (χ4n) is 2.55. The Labute approximate surface area is 148 Å². The number of hydrogen-bond donors (Lipinski definition) is 0. The molecule has 4 nitrogen and oxygen atoms in total. The van der Waals surface area contributed by atoms with E-state index in [9.17, 15) is 4.79 Å². The van der Waals surface area contributed by atoms with E-state index in [1.54, 1.807) is 0 Å². The Kier molecular flexibility index (Phi) is 4.98. The number of carbonyl (C=O) groups excluding carboxylic acids is 1. The molecule has 0 aliphatic carbocycles. The molecule has 1 aliphatic heterocycles. The van der Waals surface area contributed by atoms with Crippen LogP contribution < -0.4 is 9.75 Å². The molecule has 1 heterocycles. The highest BCUT2D eigenvalue weighted by Crippen LogP contribution is 2.25. The Bertz CT molecular complexity index is 808. The van der Waals surface area contributed by atoms with Gasteiger partial charge in [-0.1, -0.05) is 37.3 Å². The second-order valence-corrected chi connectivity index (χ2v) is 6.10. The first-order valence-corrected chi connectivity index (χ1v) is 8.52. The average molecular weight is 334 g/mol. The molecule has 0 bridgehead atoms. The van der Waals surface area contributed by atoms with Gasteiger partial charge in [0.2, 0.25) is 0 Å². The van der Waals surface area contributed by atoms with Gasteiger partial charge in [0.15, 0.2) is 0 Å². The number of ether oxygens (including phenoxy) is 1. The van der Waals surface area contributed by atoms with Crippen LogP contribution in [0.4, 0.5) is 5.69 Å². The molecule has 0 saturated heterocycles. The number of para-hydroxylation sites is 1. The van der Waals surface area contributed by atoms with Crippen molar-refractivity contribution in [3.63, 3.8) is 0 Å². The van der Waals surface area contributed by atoms with Crippen LogP contribution in [0.5, 0.6) is 5.75 Å². The average Bonchev–Trinajstić information content (AvgIpc) is 2.92. The van der Waals surface area contributed by atoms with Crippen molar-refractivity contribution in [1.29, 1.82) is 0 Å². The zero-order valence-corrected chi connectivity index (χ0v) is 14.8. The fourth-order valence-corrected chi connectivity index (χ4v) is 2.55. The van der Waals surface area contributed by atoms with Crippen LogP contribution in [0.3, 0.4) is 0 Å². The first kappa shape index (κ1) is 17.0. The van der Waals surface area contributed by atoms with Gasteiger partial charge < -0.3 is 4.74 Å². The lowest BCUT2D eigenvalue weighted by molar-refractivity contribution is -0.114. The van der Waals surface area contributed by atoms with E-state index in [1.165, 1.54) is 5.01 Å². The smallest absolute Gasteiger partial charge is 0.280 e. The SMILES string of the molecule is CC[C@@H](C)Oc1ccc(/C=C2/C(=O)N(c3ccccc3)N=C2C)cc1. The second-order valence-electron chi connectivity index (χ2n) is 6.10. The number of anilines is 1. The van der Waals surface area contributed by atoms with Crippen LogP contribution in [0.1, 0.15) is 32.8 Å². The van der Waals surface area contributed by atoms with Crippen molar-refractivity contribution in [1.82, 2.24) is 0 Å². The van der Waals surface area contributed by atoms with Crippen molar-refractivity contribution in [3.05, 3.63) is 65.7 Å². The van der Waals surface area contributed by atoms with E-state index in [2.05, 4.69) is 12.0 Å². The third-order valence-electron chi connectivity index (χ3n) is 4.17. The van der Waals surface area contributed by atoms with Gasteiger partial charge in [-0.2, -0.15) is 10.1 Å². The molecule has 0 saturated carbocycles. The van der Waals surface area contributed by atoms with Crippen LogP contribution in [0.2, 0.25) is 0 Å². The Morgan fingerprint density at radius 3 is 2.44 bits per heavy atom. The third-order valence-corrected chi connectivity index (χ3v) is 4.17. The molecule has 0 radical (unpaired) electrons. The van der Waals surface area contributed by atoms with Gasteiger partial charge in [0.1, 0.15) is 5.75 Å². The Hall–Kier alpha value is -2.88. The first-order valence-electron chi connectivity index (χ1n) is 8.52. The molecular formula is C21H22N2O2. The molecule has 2 aromatic rings. The van der Waals surface area contributed by atoms with Crippen LogP contribution in [-0.4, -0.2) is 17.7 Å². The van der Waals surface area contributed by atoms with Crippen LogP contribution >= 0.6 is 0 Å². The zero-order chi connectivity index (χ0) is 17.8. The van der Waals surface area contributed by atoms with Crippen LogP contribution in [-0.2, 0) is 4.79 Å². The molecule has 0 aromatic heterocycles. The zero-order valence-electron chi connectivity index (χ0n) is 14.8. The van der Waals surface area contributed by atoms with Gasteiger partial charge in [-0.15, -0.1) is 0 Å². The summed E-state index contributed by atoms with van der Waals surface area (Å²) in [6, 6.07) is 17.2. The van der Waals surface area contributed by atoms with Crippen LogP contribution in [0.25, 0.3) is 6.08 Å². The maximum absolute atomic E-state index is 12.7. The van der Waals surface area contributed by atoms with Crippen molar-refractivity contribution in [2.45, 2.75) is 33.3 Å². The molecule has 25 heavy (non-hydrogen) atoms. The minimum absolute atomic E-state index is 0.108. The molecule has 0 spiro atoms. The summed E-state index contributed by atoms with van der Waals surface area (Å²) >= 11 is 0. The van der Waals surface area contributed by atoms with Gasteiger partial charge in [0, 0.05) is 0 Å². The third kappa shape index (κ3) is 3.79. The fraction of sp³-hybridized carbons (Fsp3) is 0.238. The monoisotopic (exact) mass is 334 g/mol. The number of nitrogens with zero attached hydrogens (tertiary/aromatic N) is 2. The highest BCUT2D eigenvalue weighted by molar-refractivity contribution is 6.32. The predicted molar refractivity (Wildman–Crippen MR) is 102 cm³/mol. The topological polar surface area (TPSA) is 41.9 Å². The molecule has 0 N–H and O–H groups in total. The van der Waals surface area contributed by atoms with E-state index in [-0.39, 0.29) is 12.0 Å². The van der Waals surface area contributed by atoms with Gasteiger partial charge in [0.05, 0.1) is 23.1 Å². The summed E-state index contributed by atoms with van der Waals surface area (Å²) in [5, 5.41) is 5.84. The van der Waals surface area contributed by atoms with Gasteiger partial charge in [-0.05, 0) is 56.2 Å². The first-order chi connectivity index (χ1) is 12.1. The lowest BCUT2D eigenvalue weighted by Crippen LogP contribution is -2.21. The van der Waals surface area contributed by atoms with Crippen molar-refractivity contribution in [2.24, 2.45) is 5.10 Å². The maximum atomic E-state index is 12.7. The molecule has 2 aromatic carbocycles. The molecule has 1 atom stereocenters. The van der Waals surface area contributed by atoms with E-state index < -0.39 is 0 Å². The summed E-state index contributed by atoms with van der Waals surface area (Å²) in [4.78, 5) is 12.7. The number of amides is 1. The highest BCUT2D eigenvalue weighted by Gasteiger charge is 2.28. The largest absolute Gasteiger partial charge is 0.491 e. The van der Waals surface area contributed by atoms with Crippen molar-refractivity contribution < 1.29 is 9.53 Å². The number of hydrogen-bond acceptors (Lipinski definition) is 3. The van der Waals surface area contributed by atoms with Crippen LogP contribution in [0, 0.1) is 0 Å². The van der Waals surface area contributed by atoms with Gasteiger partial charge in [-0.3, -0.25) is 4.79 Å². The van der Waals surface area contributed by atoms with Crippen molar-refractivity contribution in [2.75, 3.05) is 5.01 Å². The summed E-state index contributed by atoms with van der Waals surface area (Å²) in [7, 11) is 0. The highest BCUT2D eigenvalue weighted by atomic mass is 16.5. The van der Waals surface area contributed by atoms with Crippen molar-refractivity contribution in [3.8, 4) is 5.75 Å². The molecule has 128 valence electrons. The quantitative estimate of drug-likeness (QED) is 0.746. The van der Waals surface area contributed by atoms with Crippen LogP contribution in [0.15, 0.2) is 65.3 Å². The summed E-state index contributed by atoms with van der Waals surface area (Å²) < 4.78 is 5.79. The molecule has 1 aliphatic rings. The van der Waals surface area contributed by atoms with Gasteiger partial charge in [-0.25, -0.2) is 0 Å². The van der Waals surface area contributed by atoms with Crippen molar-refractivity contribution >= 4 is 23.4 Å². The summed E-state index contributed by atoms with van der Waals surface area (Å²) in [5.41, 5.74) is 3.05. The minimum Gasteiger partial charge on any atom is -0.491 e. The Morgan fingerprint density at radius 1 is 1.12 bits per heavy atom. The number of rotatable bonds is 5. The van der Waals surface area contributed by atoms with E-state index in [0.29, 0.717) is 11.3 Å². The summed E-state index contributed by atoms with van der Waals surface area (Å²) in [6.07, 6.45) is 3.03. The van der Waals surface area contributed by atoms with Gasteiger partial charge in [0.25, 0.3) is 5.91 Å². The number of hydrazone groups is 1. The molecule has 3 rings (SSSR count). The number of benzene rings is 2. The Morgan fingerprint density at radius 2 is 1.80 bits per heavy atom. The minimum atomic E-state index is -0.108. The van der Waals surface area contributed by atoms with Gasteiger partial charge >= 0.3 is 0 Å². The lowest BCUT2D eigenvalue weighted by atomic mass is 10.1. The van der Waals surface area contributed by atoms with E-state index in [1.807, 2.05) is 74.5 Å². The molecule has 1 amide bonds. The molecule has 0 unspecified atom stereocenters. The molecule has 4 heteroatoms. The molecular weight excluding hydrogens is 312 g/mol. The Balaban J connectivity index is 1.80. The standard InChI is InChI=1S/C21H22N2O2/c1-4-15(2)25-19-12-10-17(11-13-19)14-20-16(3)22-23(21(20)24)18-8-6-5-7-9-18/h5-15H,4H2,1-3H3/b20-14+/t15-/m1/s1.